The molecule has 0 aliphatic carbocycles. The predicted molar refractivity (Wildman–Crippen MR) is 70.7 cm³/mol. The second kappa shape index (κ2) is 7.33. The topological polar surface area (TPSA) is 67.2 Å². The lowest BCUT2D eigenvalue weighted by Gasteiger charge is -2.15. The maximum atomic E-state index is 13.1. The van der Waals surface area contributed by atoms with E-state index in [1.165, 1.54) is 4.68 Å². The van der Waals surface area contributed by atoms with E-state index >= 15 is 0 Å². The van der Waals surface area contributed by atoms with Crippen LogP contribution in [0.4, 0.5) is 8.78 Å². The van der Waals surface area contributed by atoms with Gasteiger partial charge in [-0.1, -0.05) is 20.8 Å². The van der Waals surface area contributed by atoms with Gasteiger partial charge < -0.3 is 10.4 Å². The van der Waals surface area contributed by atoms with E-state index in [-0.39, 0.29) is 23.8 Å². The van der Waals surface area contributed by atoms with Gasteiger partial charge in [-0.25, -0.2) is 8.78 Å². The Bertz CT molecular complexity index is 443. The molecule has 0 spiro atoms. The van der Waals surface area contributed by atoms with Crippen LogP contribution in [0.2, 0.25) is 0 Å². The lowest BCUT2D eigenvalue weighted by Crippen LogP contribution is -2.37. The third-order valence-electron chi connectivity index (χ3n) is 2.92. The molecular formula is C13H21F2N3O2. The zero-order chi connectivity index (χ0) is 15.3. The van der Waals surface area contributed by atoms with Crippen LogP contribution in [0, 0.1) is 5.92 Å². The highest BCUT2D eigenvalue weighted by atomic mass is 19.3. The summed E-state index contributed by atoms with van der Waals surface area (Å²) in [6.45, 7) is 5.65. The molecule has 0 bridgehead atoms. The highest BCUT2D eigenvalue weighted by molar-refractivity contribution is 5.95. The van der Waals surface area contributed by atoms with Gasteiger partial charge in [0.05, 0.1) is 24.4 Å². The number of nitrogens with zero attached hydrogens (tertiary/aromatic N) is 2. The van der Waals surface area contributed by atoms with Gasteiger partial charge in [-0.3, -0.25) is 9.48 Å². The first-order valence-electron chi connectivity index (χ1n) is 6.66. The summed E-state index contributed by atoms with van der Waals surface area (Å²) in [5, 5.41) is 15.4. The Morgan fingerprint density at radius 2 is 2.15 bits per heavy atom. The van der Waals surface area contributed by atoms with Crippen molar-refractivity contribution in [2.45, 2.75) is 46.2 Å². The fourth-order valence-corrected chi connectivity index (χ4v) is 1.83. The summed E-state index contributed by atoms with van der Waals surface area (Å²) < 4.78 is 27.5. The van der Waals surface area contributed by atoms with Crippen molar-refractivity contribution in [3.05, 3.63) is 17.5 Å². The molecule has 0 saturated heterocycles. The van der Waals surface area contributed by atoms with E-state index in [0.29, 0.717) is 13.0 Å². The molecule has 1 rings (SSSR count). The molecule has 5 nitrogen and oxygen atoms in total. The molecule has 1 aromatic rings. The van der Waals surface area contributed by atoms with Gasteiger partial charge in [-0.2, -0.15) is 5.10 Å². The molecule has 114 valence electrons. The summed E-state index contributed by atoms with van der Waals surface area (Å²) in [6.07, 6.45) is -1.10. The van der Waals surface area contributed by atoms with Crippen molar-refractivity contribution in [1.82, 2.24) is 15.1 Å². The number of carbonyl (C=O) groups is 1. The van der Waals surface area contributed by atoms with Gasteiger partial charge in [-0.15, -0.1) is 0 Å². The number of aromatic nitrogens is 2. The minimum absolute atomic E-state index is 0.132. The Morgan fingerprint density at radius 1 is 1.50 bits per heavy atom. The van der Waals surface area contributed by atoms with Crippen LogP contribution in [0.25, 0.3) is 0 Å². The van der Waals surface area contributed by atoms with Gasteiger partial charge in [0.1, 0.15) is 5.69 Å². The fourth-order valence-electron chi connectivity index (χ4n) is 1.83. The van der Waals surface area contributed by atoms with Crippen molar-refractivity contribution in [3.8, 4) is 0 Å². The minimum Gasteiger partial charge on any atom is -0.394 e. The molecule has 1 atom stereocenters. The number of alkyl halides is 2. The number of rotatable bonds is 7. The maximum absolute atomic E-state index is 13.1. The summed E-state index contributed by atoms with van der Waals surface area (Å²) in [5.41, 5.74) is -0.503. The largest absolute Gasteiger partial charge is 0.394 e. The molecule has 7 heteroatoms. The van der Waals surface area contributed by atoms with Crippen LogP contribution in [0.5, 0.6) is 0 Å². The van der Waals surface area contributed by atoms with Crippen LogP contribution in [-0.4, -0.2) is 33.4 Å². The Hall–Kier alpha value is -1.50. The lowest BCUT2D eigenvalue weighted by molar-refractivity contribution is 0.0897. The zero-order valence-electron chi connectivity index (χ0n) is 11.9. The quantitative estimate of drug-likeness (QED) is 0.806. The van der Waals surface area contributed by atoms with Gasteiger partial charge in [0, 0.05) is 6.54 Å². The summed E-state index contributed by atoms with van der Waals surface area (Å²) in [7, 11) is 0. The highest BCUT2D eigenvalue weighted by Crippen LogP contribution is 2.23. The van der Waals surface area contributed by atoms with Crippen LogP contribution in [0.1, 0.15) is 49.7 Å². The molecule has 0 saturated carbocycles. The van der Waals surface area contributed by atoms with E-state index in [9.17, 15) is 13.6 Å². The molecule has 0 radical (unpaired) electrons. The van der Waals surface area contributed by atoms with Crippen molar-refractivity contribution >= 4 is 5.91 Å². The van der Waals surface area contributed by atoms with Crippen LogP contribution in [0.15, 0.2) is 6.20 Å². The van der Waals surface area contributed by atoms with Crippen molar-refractivity contribution in [3.63, 3.8) is 0 Å². The average Bonchev–Trinajstić information content (AvgIpc) is 2.78. The molecule has 1 unspecified atom stereocenters. The highest BCUT2D eigenvalue weighted by Gasteiger charge is 2.25. The number of aliphatic hydroxyl groups is 1. The molecule has 1 aromatic heterocycles. The van der Waals surface area contributed by atoms with Gasteiger partial charge >= 0.3 is 0 Å². The standard InChI is InChI=1S/C13H21F2N3O2/c1-4-9(7-19)17-13(20)10-5-16-18(6-8(2)3)11(10)12(14)15/h5,8-9,12,19H,4,6-7H2,1-3H3,(H,17,20). The van der Waals surface area contributed by atoms with Crippen molar-refractivity contribution in [1.29, 1.82) is 0 Å². The van der Waals surface area contributed by atoms with E-state index in [1.807, 2.05) is 13.8 Å². The third kappa shape index (κ3) is 4.00. The Labute approximate surface area is 117 Å². The number of aliphatic hydroxyl groups excluding tert-OH is 1. The molecule has 0 aromatic carbocycles. The van der Waals surface area contributed by atoms with E-state index in [1.54, 1.807) is 6.92 Å². The monoisotopic (exact) mass is 289 g/mol. The minimum atomic E-state index is -2.77. The maximum Gasteiger partial charge on any atom is 0.280 e. The second-order valence-corrected chi connectivity index (χ2v) is 5.08. The Balaban J connectivity index is 2.99. The smallest absolute Gasteiger partial charge is 0.280 e. The van der Waals surface area contributed by atoms with Crippen molar-refractivity contribution in [2.75, 3.05) is 6.61 Å². The van der Waals surface area contributed by atoms with Gasteiger partial charge in [0.15, 0.2) is 0 Å². The van der Waals surface area contributed by atoms with E-state index < -0.39 is 18.4 Å². The molecule has 2 N–H and O–H groups in total. The lowest BCUT2D eigenvalue weighted by atomic mass is 10.1. The van der Waals surface area contributed by atoms with Crippen molar-refractivity contribution < 1.29 is 18.7 Å². The van der Waals surface area contributed by atoms with E-state index in [0.717, 1.165) is 6.20 Å². The summed E-state index contributed by atoms with van der Waals surface area (Å²) in [4.78, 5) is 12.0. The summed E-state index contributed by atoms with van der Waals surface area (Å²) in [6, 6.07) is -0.443. The average molecular weight is 289 g/mol. The first-order valence-corrected chi connectivity index (χ1v) is 6.66. The number of carbonyl (C=O) groups excluding carboxylic acids is 1. The molecular weight excluding hydrogens is 268 g/mol. The molecule has 0 aliphatic heterocycles. The molecule has 1 heterocycles. The number of nitrogens with one attached hydrogen (secondary N) is 1. The van der Waals surface area contributed by atoms with Crippen LogP contribution in [-0.2, 0) is 6.54 Å². The molecule has 0 aliphatic rings. The summed E-state index contributed by atoms with van der Waals surface area (Å²) >= 11 is 0. The molecule has 0 fully saturated rings. The fraction of sp³-hybridized carbons (Fsp3) is 0.692. The number of hydrogen-bond donors (Lipinski definition) is 2. The van der Waals surface area contributed by atoms with E-state index in [4.69, 9.17) is 5.11 Å². The predicted octanol–water partition coefficient (Wildman–Crippen LogP) is 1.98. The normalized spacial score (nSPS) is 13.0. The van der Waals surface area contributed by atoms with Gasteiger partial charge in [0.2, 0.25) is 0 Å². The Morgan fingerprint density at radius 3 is 2.60 bits per heavy atom. The number of hydrogen-bond acceptors (Lipinski definition) is 3. The number of halogens is 2. The van der Waals surface area contributed by atoms with Crippen molar-refractivity contribution in [2.24, 2.45) is 5.92 Å². The van der Waals surface area contributed by atoms with Gasteiger partial charge in [0.25, 0.3) is 12.3 Å². The molecule has 1 amide bonds. The summed E-state index contributed by atoms with van der Waals surface area (Å²) in [5.74, 6) is -0.486. The number of amides is 1. The first kappa shape index (κ1) is 16.6. The van der Waals surface area contributed by atoms with Crippen LogP contribution < -0.4 is 5.32 Å². The zero-order valence-corrected chi connectivity index (χ0v) is 11.9. The van der Waals surface area contributed by atoms with Gasteiger partial charge in [-0.05, 0) is 12.3 Å². The SMILES string of the molecule is CCC(CO)NC(=O)c1cnn(CC(C)C)c1C(F)F. The van der Waals surface area contributed by atoms with E-state index in [2.05, 4.69) is 10.4 Å². The Kier molecular flexibility index (Phi) is 6.06. The van der Waals surface area contributed by atoms with Crippen LogP contribution >= 0.6 is 0 Å². The third-order valence-corrected chi connectivity index (χ3v) is 2.92. The first-order chi connectivity index (χ1) is 9.40. The second-order valence-electron chi connectivity index (χ2n) is 5.08. The van der Waals surface area contributed by atoms with Crippen LogP contribution in [0.3, 0.4) is 0 Å². The molecule has 20 heavy (non-hydrogen) atoms.